The SMILES string of the molecule is CC(=O)Nc1ccc(NC(=O)c2cc([N+](=O)[O-])ccc2Sc2ccccc2F)cc1. The summed E-state index contributed by atoms with van der Waals surface area (Å²) in [4.78, 5) is 35.2. The van der Waals surface area contributed by atoms with Gasteiger partial charge in [0.1, 0.15) is 5.82 Å². The van der Waals surface area contributed by atoms with Crippen molar-refractivity contribution in [3.05, 3.63) is 88.2 Å². The number of hydrogen-bond donors (Lipinski definition) is 2. The number of benzene rings is 3. The van der Waals surface area contributed by atoms with Crippen molar-refractivity contribution in [2.45, 2.75) is 16.7 Å². The molecule has 0 saturated carbocycles. The lowest BCUT2D eigenvalue weighted by atomic mass is 10.1. The summed E-state index contributed by atoms with van der Waals surface area (Å²) in [7, 11) is 0. The van der Waals surface area contributed by atoms with Crippen LogP contribution < -0.4 is 10.6 Å². The monoisotopic (exact) mass is 425 g/mol. The Balaban J connectivity index is 1.89. The highest BCUT2D eigenvalue weighted by atomic mass is 32.2. The van der Waals surface area contributed by atoms with E-state index in [0.717, 1.165) is 17.8 Å². The summed E-state index contributed by atoms with van der Waals surface area (Å²) >= 11 is 1.00. The van der Waals surface area contributed by atoms with Gasteiger partial charge in [-0.15, -0.1) is 0 Å². The Morgan fingerprint density at radius 1 is 0.933 bits per heavy atom. The third kappa shape index (κ3) is 5.21. The van der Waals surface area contributed by atoms with Gasteiger partial charge in [-0.1, -0.05) is 23.9 Å². The number of amides is 2. The molecule has 0 aliphatic heterocycles. The maximum absolute atomic E-state index is 14.0. The van der Waals surface area contributed by atoms with Crippen LogP contribution in [0, 0.1) is 15.9 Å². The standard InChI is InChI=1S/C21H16FN3O4S/c1-13(26)23-14-6-8-15(9-7-14)24-21(27)17-12-16(25(28)29)10-11-19(17)30-20-5-3-2-4-18(20)22/h2-12H,1H3,(H,23,26)(H,24,27). The number of carbonyl (C=O) groups is 2. The Morgan fingerprint density at radius 3 is 2.17 bits per heavy atom. The van der Waals surface area contributed by atoms with Gasteiger partial charge in [0.25, 0.3) is 11.6 Å². The van der Waals surface area contributed by atoms with Gasteiger partial charge in [-0.05, 0) is 42.5 Å². The Morgan fingerprint density at radius 2 is 1.57 bits per heavy atom. The third-order valence-corrected chi connectivity index (χ3v) is 5.07. The molecule has 3 rings (SSSR count). The number of anilines is 2. The number of nitro benzene ring substituents is 1. The molecule has 2 amide bonds. The van der Waals surface area contributed by atoms with E-state index in [4.69, 9.17) is 0 Å². The second kappa shape index (κ2) is 9.19. The predicted molar refractivity (Wildman–Crippen MR) is 112 cm³/mol. The van der Waals surface area contributed by atoms with Crippen molar-refractivity contribution in [1.29, 1.82) is 0 Å². The molecule has 3 aromatic rings. The van der Waals surface area contributed by atoms with Gasteiger partial charge in [0.15, 0.2) is 0 Å². The molecule has 9 heteroatoms. The van der Waals surface area contributed by atoms with Crippen LogP contribution in [0.2, 0.25) is 0 Å². The minimum atomic E-state index is -0.601. The lowest BCUT2D eigenvalue weighted by Crippen LogP contribution is -2.13. The molecule has 30 heavy (non-hydrogen) atoms. The second-order valence-electron chi connectivity index (χ2n) is 6.18. The largest absolute Gasteiger partial charge is 0.326 e. The summed E-state index contributed by atoms with van der Waals surface area (Å²) in [5.41, 5.74) is 0.788. The Labute approximate surface area is 175 Å². The van der Waals surface area contributed by atoms with E-state index in [0.29, 0.717) is 21.2 Å². The Hall–Kier alpha value is -3.72. The number of nitro groups is 1. The highest BCUT2D eigenvalue weighted by Crippen LogP contribution is 2.34. The summed E-state index contributed by atoms with van der Waals surface area (Å²) in [6.45, 7) is 1.38. The molecule has 0 unspecified atom stereocenters. The molecule has 3 aromatic carbocycles. The quantitative estimate of drug-likeness (QED) is 0.423. The van der Waals surface area contributed by atoms with E-state index in [1.54, 1.807) is 42.5 Å². The maximum Gasteiger partial charge on any atom is 0.270 e. The lowest BCUT2D eigenvalue weighted by Gasteiger charge is -2.11. The lowest BCUT2D eigenvalue weighted by molar-refractivity contribution is -0.384. The highest BCUT2D eigenvalue weighted by Gasteiger charge is 2.19. The average molecular weight is 425 g/mol. The van der Waals surface area contributed by atoms with Crippen molar-refractivity contribution in [2.24, 2.45) is 0 Å². The minimum Gasteiger partial charge on any atom is -0.326 e. The van der Waals surface area contributed by atoms with Crippen molar-refractivity contribution in [3.63, 3.8) is 0 Å². The fourth-order valence-corrected chi connectivity index (χ4v) is 3.53. The average Bonchev–Trinajstić information content (AvgIpc) is 2.71. The maximum atomic E-state index is 14.0. The van der Waals surface area contributed by atoms with Gasteiger partial charge in [-0.25, -0.2) is 4.39 Å². The Bertz CT molecular complexity index is 1120. The van der Waals surface area contributed by atoms with E-state index in [9.17, 15) is 24.1 Å². The first kappa shape index (κ1) is 21.0. The molecule has 7 nitrogen and oxygen atoms in total. The van der Waals surface area contributed by atoms with Crippen molar-refractivity contribution in [2.75, 3.05) is 10.6 Å². The van der Waals surface area contributed by atoms with Crippen LogP contribution in [0.3, 0.4) is 0 Å². The highest BCUT2D eigenvalue weighted by molar-refractivity contribution is 7.99. The number of nitrogens with one attached hydrogen (secondary N) is 2. The number of hydrogen-bond acceptors (Lipinski definition) is 5. The topological polar surface area (TPSA) is 101 Å². The van der Waals surface area contributed by atoms with Crippen LogP contribution in [-0.4, -0.2) is 16.7 Å². The van der Waals surface area contributed by atoms with E-state index < -0.39 is 16.6 Å². The van der Waals surface area contributed by atoms with Gasteiger partial charge in [-0.2, -0.15) is 0 Å². The molecular formula is C21H16FN3O4S. The fourth-order valence-electron chi connectivity index (χ4n) is 2.58. The van der Waals surface area contributed by atoms with Gasteiger partial charge >= 0.3 is 0 Å². The van der Waals surface area contributed by atoms with Gasteiger partial charge in [-0.3, -0.25) is 19.7 Å². The number of carbonyl (C=O) groups excluding carboxylic acids is 2. The zero-order valence-corrected chi connectivity index (χ0v) is 16.5. The van der Waals surface area contributed by atoms with Crippen molar-refractivity contribution < 1.29 is 18.9 Å². The van der Waals surface area contributed by atoms with E-state index in [1.165, 1.54) is 25.1 Å². The molecule has 0 atom stereocenters. The summed E-state index contributed by atoms with van der Waals surface area (Å²) in [5.74, 6) is -1.26. The zero-order valence-electron chi connectivity index (χ0n) is 15.7. The molecule has 152 valence electrons. The van der Waals surface area contributed by atoms with Crippen LogP contribution in [0.25, 0.3) is 0 Å². The Kier molecular flexibility index (Phi) is 6.43. The summed E-state index contributed by atoms with van der Waals surface area (Å²) < 4.78 is 14.0. The van der Waals surface area contributed by atoms with Crippen molar-refractivity contribution in [3.8, 4) is 0 Å². The zero-order chi connectivity index (χ0) is 21.7. The van der Waals surface area contributed by atoms with Gasteiger partial charge < -0.3 is 10.6 Å². The summed E-state index contributed by atoms with van der Waals surface area (Å²) in [5, 5.41) is 16.4. The molecule has 0 aromatic heterocycles. The summed E-state index contributed by atoms with van der Waals surface area (Å²) in [6.07, 6.45) is 0. The predicted octanol–water partition coefficient (Wildman–Crippen LogP) is 5.10. The normalized spacial score (nSPS) is 10.3. The van der Waals surface area contributed by atoms with E-state index >= 15 is 0 Å². The number of nitrogens with zero attached hydrogens (tertiary/aromatic N) is 1. The first-order valence-electron chi connectivity index (χ1n) is 8.73. The summed E-state index contributed by atoms with van der Waals surface area (Å²) in [6, 6.07) is 16.3. The first-order valence-corrected chi connectivity index (χ1v) is 9.55. The number of rotatable bonds is 6. The minimum absolute atomic E-state index is 0.0448. The van der Waals surface area contributed by atoms with E-state index in [2.05, 4.69) is 10.6 Å². The van der Waals surface area contributed by atoms with Crippen LogP contribution in [0.4, 0.5) is 21.5 Å². The van der Waals surface area contributed by atoms with Gasteiger partial charge in [0, 0.05) is 40.2 Å². The second-order valence-corrected chi connectivity index (χ2v) is 7.27. The molecule has 0 radical (unpaired) electrons. The molecule has 0 heterocycles. The molecule has 0 spiro atoms. The molecular weight excluding hydrogens is 409 g/mol. The first-order chi connectivity index (χ1) is 14.3. The molecule has 0 aliphatic rings. The van der Waals surface area contributed by atoms with Crippen molar-refractivity contribution in [1.82, 2.24) is 0 Å². The van der Waals surface area contributed by atoms with Gasteiger partial charge in [0.05, 0.1) is 10.5 Å². The molecule has 0 saturated heterocycles. The molecule has 0 aliphatic carbocycles. The van der Waals surface area contributed by atoms with Crippen LogP contribution >= 0.6 is 11.8 Å². The van der Waals surface area contributed by atoms with Gasteiger partial charge in [0.2, 0.25) is 5.91 Å². The van der Waals surface area contributed by atoms with Crippen LogP contribution in [0.15, 0.2) is 76.5 Å². The molecule has 0 fully saturated rings. The number of halogens is 1. The molecule has 2 N–H and O–H groups in total. The van der Waals surface area contributed by atoms with Crippen molar-refractivity contribution >= 4 is 40.6 Å². The van der Waals surface area contributed by atoms with E-state index in [1.807, 2.05) is 0 Å². The van der Waals surface area contributed by atoms with E-state index in [-0.39, 0.29) is 17.2 Å². The fraction of sp³-hybridized carbons (Fsp3) is 0.0476. The smallest absolute Gasteiger partial charge is 0.270 e. The van der Waals surface area contributed by atoms with Crippen LogP contribution in [0.5, 0.6) is 0 Å². The number of non-ortho nitro benzene ring substituents is 1. The van der Waals surface area contributed by atoms with Crippen LogP contribution in [-0.2, 0) is 4.79 Å². The molecule has 0 bridgehead atoms. The third-order valence-electron chi connectivity index (χ3n) is 3.94. The van der Waals surface area contributed by atoms with Crippen LogP contribution in [0.1, 0.15) is 17.3 Å².